The Morgan fingerprint density at radius 1 is 1.00 bits per heavy atom. The predicted octanol–water partition coefficient (Wildman–Crippen LogP) is 4.32. The molecule has 0 saturated heterocycles. The molecule has 0 aromatic rings. The standard InChI is InChI=1S/C21H41N3O2/c1-6-7-8-9-10-11-18-26-21(25)14-16-23(4)15-12-19(2)20(3)13-17-24(5)22/h12-13,15,17,19-20H,6-11,14,16,18,22H2,1-5H3/b15-12+,17-13+. The van der Waals surface area contributed by atoms with Crippen molar-refractivity contribution in [2.75, 3.05) is 27.2 Å². The van der Waals surface area contributed by atoms with Crippen molar-refractivity contribution in [2.24, 2.45) is 17.7 Å². The highest BCUT2D eigenvalue weighted by atomic mass is 16.5. The summed E-state index contributed by atoms with van der Waals surface area (Å²) < 4.78 is 5.30. The summed E-state index contributed by atoms with van der Waals surface area (Å²) in [5, 5.41) is 1.55. The summed E-state index contributed by atoms with van der Waals surface area (Å²) in [5.41, 5.74) is 0. The topological polar surface area (TPSA) is 58.8 Å². The number of nitrogens with zero attached hydrogens (tertiary/aromatic N) is 2. The van der Waals surface area contributed by atoms with Crippen LogP contribution in [-0.4, -0.2) is 43.1 Å². The molecule has 0 rings (SSSR count). The number of hydrogen-bond donors (Lipinski definition) is 1. The number of hydrogen-bond acceptors (Lipinski definition) is 5. The molecule has 2 atom stereocenters. The fraction of sp³-hybridized carbons (Fsp3) is 0.762. The van der Waals surface area contributed by atoms with Crippen LogP contribution in [0.4, 0.5) is 0 Å². The molecular weight excluding hydrogens is 326 g/mol. The van der Waals surface area contributed by atoms with E-state index in [1.165, 1.54) is 25.7 Å². The van der Waals surface area contributed by atoms with E-state index in [-0.39, 0.29) is 5.97 Å². The van der Waals surface area contributed by atoms with Crippen LogP contribution < -0.4 is 5.84 Å². The minimum absolute atomic E-state index is 0.103. The lowest BCUT2D eigenvalue weighted by Gasteiger charge is -2.17. The van der Waals surface area contributed by atoms with Crippen molar-refractivity contribution in [3.63, 3.8) is 0 Å². The Labute approximate surface area is 161 Å². The Morgan fingerprint density at radius 3 is 2.19 bits per heavy atom. The molecule has 0 saturated carbocycles. The predicted molar refractivity (Wildman–Crippen MR) is 110 cm³/mol. The summed E-state index contributed by atoms with van der Waals surface area (Å²) in [5.74, 6) is 6.27. The fourth-order valence-electron chi connectivity index (χ4n) is 2.39. The third-order valence-electron chi connectivity index (χ3n) is 4.53. The minimum Gasteiger partial charge on any atom is -0.466 e. The molecule has 0 spiro atoms. The SMILES string of the molecule is CCCCCCCCOC(=O)CCN(C)/C=C/C(C)C(C)/C=C/N(C)N. The van der Waals surface area contributed by atoms with E-state index in [0.717, 1.165) is 12.8 Å². The molecule has 5 nitrogen and oxygen atoms in total. The quantitative estimate of drug-likeness (QED) is 0.202. The van der Waals surface area contributed by atoms with Gasteiger partial charge in [0.25, 0.3) is 0 Å². The summed E-state index contributed by atoms with van der Waals surface area (Å²) in [6, 6.07) is 0. The van der Waals surface area contributed by atoms with Crippen LogP contribution in [0, 0.1) is 11.8 Å². The molecule has 0 aromatic heterocycles. The van der Waals surface area contributed by atoms with Gasteiger partial charge >= 0.3 is 5.97 Å². The van der Waals surface area contributed by atoms with Gasteiger partial charge in [0.05, 0.1) is 13.0 Å². The molecule has 0 bridgehead atoms. The van der Waals surface area contributed by atoms with Gasteiger partial charge in [-0.3, -0.25) is 4.79 Å². The maximum atomic E-state index is 11.8. The average Bonchev–Trinajstić information content (AvgIpc) is 2.61. The molecular formula is C21H41N3O2. The number of rotatable bonds is 15. The monoisotopic (exact) mass is 367 g/mol. The van der Waals surface area contributed by atoms with Crippen LogP contribution in [-0.2, 0) is 9.53 Å². The molecule has 26 heavy (non-hydrogen) atoms. The number of ether oxygens (including phenoxy) is 1. The number of unbranched alkanes of at least 4 members (excludes halogenated alkanes) is 5. The van der Waals surface area contributed by atoms with Gasteiger partial charge in [0.15, 0.2) is 0 Å². The summed E-state index contributed by atoms with van der Waals surface area (Å²) in [6.45, 7) is 7.78. The Balaban J connectivity index is 3.85. The molecule has 0 aromatic carbocycles. The minimum atomic E-state index is -0.103. The summed E-state index contributed by atoms with van der Waals surface area (Å²) in [4.78, 5) is 13.8. The van der Waals surface area contributed by atoms with E-state index in [4.69, 9.17) is 10.6 Å². The van der Waals surface area contributed by atoms with Crippen molar-refractivity contribution in [2.45, 2.75) is 65.7 Å². The van der Waals surface area contributed by atoms with E-state index in [1.54, 1.807) is 5.01 Å². The fourth-order valence-corrected chi connectivity index (χ4v) is 2.39. The molecule has 0 aliphatic rings. The van der Waals surface area contributed by atoms with Crippen LogP contribution in [0.15, 0.2) is 24.6 Å². The molecule has 152 valence electrons. The highest BCUT2D eigenvalue weighted by Crippen LogP contribution is 2.14. The van der Waals surface area contributed by atoms with Crippen LogP contribution >= 0.6 is 0 Å². The van der Waals surface area contributed by atoms with E-state index >= 15 is 0 Å². The first-order chi connectivity index (χ1) is 12.4. The first-order valence-electron chi connectivity index (χ1n) is 10.1. The van der Waals surface area contributed by atoms with Crippen LogP contribution in [0.1, 0.15) is 65.7 Å². The van der Waals surface area contributed by atoms with Gasteiger partial charge in [-0.2, -0.15) is 0 Å². The van der Waals surface area contributed by atoms with Crippen LogP contribution in [0.2, 0.25) is 0 Å². The normalized spacial score (nSPS) is 13.9. The van der Waals surface area contributed by atoms with Crippen molar-refractivity contribution in [3.8, 4) is 0 Å². The van der Waals surface area contributed by atoms with Gasteiger partial charge < -0.3 is 14.6 Å². The van der Waals surface area contributed by atoms with Crippen LogP contribution in [0.3, 0.4) is 0 Å². The number of carbonyl (C=O) groups excluding carboxylic acids is 1. The number of carbonyl (C=O) groups is 1. The van der Waals surface area contributed by atoms with Gasteiger partial charge in [0.1, 0.15) is 0 Å². The summed E-state index contributed by atoms with van der Waals surface area (Å²) in [6.07, 6.45) is 15.8. The molecule has 0 aliphatic heterocycles. The third-order valence-corrected chi connectivity index (χ3v) is 4.53. The molecule has 0 amide bonds. The summed E-state index contributed by atoms with van der Waals surface area (Å²) >= 11 is 0. The Kier molecular flexibility index (Phi) is 14.8. The lowest BCUT2D eigenvalue weighted by atomic mass is 9.96. The Hall–Kier alpha value is -1.49. The van der Waals surface area contributed by atoms with Gasteiger partial charge in [0, 0.05) is 26.8 Å². The zero-order valence-corrected chi connectivity index (χ0v) is 17.6. The maximum Gasteiger partial charge on any atom is 0.307 e. The van der Waals surface area contributed by atoms with E-state index in [9.17, 15) is 4.79 Å². The van der Waals surface area contributed by atoms with Gasteiger partial charge in [0.2, 0.25) is 0 Å². The number of nitrogens with two attached hydrogens (primary N) is 1. The third kappa shape index (κ3) is 14.8. The second-order valence-corrected chi connectivity index (χ2v) is 7.29. The lowest BCUT2D eigenvalue weighted by Crippen LogP contribution is -2.19. The van der Waals surface area contributed by atoms with E-state index < -0.39 is 0 Å². The molecule has 5 heteroatoms. The maximum absolute atomic E-state index is 11.8. The molecule has 0 aliphatic carbocycles. The second-order valence-electron chi connectivity index (χ2n) is 7.29. The van der Waals surface area contributed by atoms with Crippen molar-refractivity contribution >= 4 is 5.97 Å². The highest BCUT2D eigenvalue weighted by molar-refractivity contribution is 5.69. The van der Waals surface area contributed by atoms with Crippen molar-refractivity contribution in [3.05, 3.63) is 24.6 Å². The second kappa shape index (κ2) is 15.7. The largest absolute Gasteiger partial charge is 0.466 e. The van der Waals surface area contributed by atoms with Gasteiger partial charge in [-0.15, -0.1) is 0 Å². The smallest absolute Gasteiger partial charge is 0.307 e. The zero-order chi connectivity index (χ0) is 19.8. The van der Waals surface area contributed by atoms with Gasteiger partial charge in [-0.25, -0.2) is 5.84 Å². The van der Waals surface area contributed by atoms with E-state index in [2.05, 4.69) is 32.9 Å². The zero-order valence-electron chi connectivity index (χ0n) is 17.6. The first kappa shape index (κ1) is 24.5. The molecule has 0 heterocycles. The number of hydrazine groups is 1. The molecule has 0 fully saturated rings. The molecule has 2 unspecified atom stereocenters. The highest BCUT2D eigenvalue weighted by Gasteiger charge is 2.07. The first-order valence-corrected chi connectivity index (χ1v) is 10.1. The number of esters is 1. The van der Waals surface area contributed by atoms with Crippen LogP contribution in [0.25, 0.3) is 0 Å². The van der Waals surface area contributed by atoms with Crippen molar-refractivity contribution in [1.82, 2.24) is 9.91 Å². The van der Waals surface area contributed by atoms with E-state index in [1.807, 2.05) is 31.4 Å². The Morgan fingerprint density at radius 2 is 1.58 bits per heavy atom. The van der Waals surface area contributed by atoms with Crippen molar-refractivity contribution < 1.29 is 9.53 Å². The van der Waals surface area contributed by atoms with Gasteiger partial charge in [-0.1, -0.05) is 65.0 Å². The van der Waals surface area contributed by atoms with Crippen molar-refractivity contribution in [1.29, 1.82) is 0 Å². The van der Waals surface area contributed by atoms with Gasteiger partial charge in [-0.05, 0) is 24.5 Å². The van der Waals surface area contributed by atoms with Crippen LogP contribution in [0.5, 0.6) is 0 Å². The summed E-state index contributed by atoms with van der Waals surface area (Å²) in [7, 11) is 3.79. The molecule has 0 radical (unpaired) electrons. The number of allylic oxidation sites excluding steroid dienone is 2. The Bertz CT molecular complexity index is 408. The molecule has 2 N–H and O–H groups in total. The van der Waals surface area contributed by atoms with E-state index in [0.29, 0.717) is 31.4 Å². The lowest BCUT2D eigenvalue weighted by molar-refractivity contribution is -0.143. The average molecular weight is 368 g/mol.